The van der Waals surface area contributed by atoms with Gasteiger partial charge in [0.2, 0.25) is 0 Å². The summed E-state index contributed by atoms with van der Waals surface area (Å²) in [6, 6.07) is 33.1. The first-order valence-electron chi connectivity index (χ1n) is 9.48. The molecule has 0 saturated heterocycles. The van der Waals surface area contributed by atoms with Crippen molar-refractivity contribution in [2.45, 2.75) is 6.92 Å². The highest BCUT2D eigenvalue weighted by molar-refractivity contribution is 6.23. The molecular weight excluding hydrogens is 324 g/mol. The fourth-order valence-electron chi connectivity index (χ4n) is 4.88. The van der Waals surface area contributed by atoms with Crippen LogP contribution in [0.25, 0.3) is 54.9 Å². The van der Waals surface area contributed by atoms with Crippen LogP contribution in [0.5, 0.6) is 0 Å². The predicted molar refractivity (Wildman–Crippen MR) is 116 cm³/mol. The molecule has 0 nitrogen and oxygen atoms in total. The lowest BCUT2D eigenvalue weighted by Gasteiger charge is -2.18. The van der Waals surface area contributed by atoms with E-state index in [1.807, 2.05) is 0 Å². The van der Waals surface area contributed by atoms with E-state index in [1.165, 1.54) is 60.5 Å². The topological polar surface area (TPSA) is 0 Å². The van der Waals surface area contributed by atoms with Gasteiger partial charge in [0.05, 0.1) is 0 Å². The van der Waals surface area contributed by atoms with Gasteiger partial charge in [0.25, 0.3) is 0 Å². The summed E-state index contributed by atoms with van der Waals surface area (Å²) in [5.74, 6) is 0. The van der Waals surface area contributed by atoms with Crippen LogP contribution < -0.4 is 0 Å². The van der Waals surface area contributed by atoms with Crippen molar-refractivity contribution in [2.24, 2.45) is 0 Å². The minimum atomic E-state index is 1.29. The van der Waals surface area contributed by atoms with Crippen LogP contribution >= 0.6 is 0 Å². The molecule has 0 aliphatic heterocycles. The molecule has 0 bridgehead atoms. The Labute approximate surface area is 158 Å². The van der Waals surface area contributed by atoms with Crippen molar-refractivity contribution in [3.8, 4) is 33.4 Å². The van der Waals surface area contributed by atoms with Crippen molar-refractivity contribution in [2.75, 3.05) is 0 Å². The van der Waals surface area contributed by atoms with E-state index in [2.05, 4.69) is 97.9 Å². The van der Waals surface area contributed by atoms with Gasteiger partial charge in [-0.05, 0) is 67.4 Å². The van der Waals surface area contributed by atoms with Crippen LogP contribution in [-0.4, -0.2) is 0 Å². The molecule has 0 atom stereocenters. The summed E-state index contributed by atoms with van der Waals surface area (Å²) >= 11 is 0. The maximum absolute atomic E-state index is 2.29. The molecule has 5 aromatic rings. The van der Waals surface area contributed by atoms with Gasteiger partial charge in [-0.15, -0.1) is 0 Å². The third-order valence-corrected chi connectivity index (χ3v) is 5.98. The molecule has 1 aliphatic carbocycles. The Balaban J connectivity index is 1.91. The molecule has 0 aromatic heterocycles. The number of fused-ring (bicyclic) bond motifs is 4. The van der Waals surface area contributed by atoms with Crippen LogP contribution in [0.2, 0.25) is 0 Å². The van der Waals surface area contributed by atoms with Crippen molar-refractivity contribution in [1.82, 2.24) is 0 Å². The molecule has 27 heavy (non-hydrogen) atoms. The molecule has 0 saturated carbocycles. The summed E-state index contributed by atoms with van der Waals surface area (Å²) < 4.78 is 0. The first-order valence-corrected chi connectivity index (χ1v) is 9.48. The molecule has 1 aliphatic rings. The monoisotopic (exact) mass is 342 g/mol. The van der Waals surface area contributed by atoms with Crippen LogP contribution in [0.1, 0.15) is 5.56 Å². The third-order valence-electron chi connectivity index (χ3n) is 5.98. The molecule has 5 aromatic carbocycles. The van der Waals surface area contributed by atoms with Crippen LogP contribution in [0.4, 0.5) is 0 Å². The third kappa shape index (κ3) is 1.88. The number of hydrogen-bond donors (Lipinski definition) is 0. The molecule has 0 fully saturated rings. The van der Waals surface area contributed by atoms with Crippen molar-refractivity contribution < 1.29 is 0 Å². The van der Waals surface area contributed by atoms with E-state index in [9.17, 15) is 0 Å². The van der Waals surface area contributed by atoms with Gasteiger partial charge in [-0.1, -0.05) is 91.0 Å². The Hall–Kier alpha value is -3.38. The molecular formula is C27H18. The minimum Gasteiger partial charge on any atom is -0.0622 e. The van der Waals surface area contributed by atoms with Gasteiger partial charge in [0.15, 0.2) is 0 Å². The van der Waals surface area contributed by atoms with Crippen molar-refractivity contribution in [3.05, 3.63) is 96.6 Å². The molecule has 0 heterocycles. The fraction of sp³-hybridized carbons (Fsp3) is 0.0370. The second-order valence-corrected chi connectivity index (χ2v) is 7.37. The average Bonchev–Trinajstić information content (AvgIpc) is 3.06. The zero-order valence-electron chi connectivity index (χ0n) is 15.2. The molecule has 0 amide bonds. The van der Waals surface area contributed by atoms with E-state index in [0.717, 1.165) is 0 Å². The van der Waals surface area contributed by atoms with Crippen LogP contribution in [0, 0.1) is 6.92 Å². The van der Waals surface area contributed by atoms with Crippen molar-refractivity contribution in [3.63, 3.8) is 0 Å². The summed E-state index contributed by atoms with van der Waals surface area (Å²) in [5, 5.41) is 5.40. The van der Waals surface area contributed by atoms with E-state index in [-0.39, 0.29) is 0 Å². The smallest absolute Gasteiger partial charge is 0.00110 e. The molecule has 0 radical (unpaired) electrons. The maximum atomic E-state index is 2.29. The van der Waals surface area contributed by atoms with E-state index < -0.39 is 0 Å². The van der Waals surface area contributed by atoms with Crippen LogP contribution in [0.3, 0.4) is 0 Å². The Morgan fingerprint density at radius 1 is 0.481 bits per heavy atom. The van der Waals surface area contributed by atoms with Crippen molar-refractivity contribution in [1.29, 1.82) is 0 Å². The van der Waals surface area contributed by atoms with Gasteiger partial charge in [0.1, 0.15) is 0 Å². The molecule has 0 spiro atoms. The predicted octanol–water partition coefficient (Wildman–Crippen LogP) is 7.62. The van der Waals surface area contributed by atoms with Gasteiger partial charge in [-0.25, -0.2) is 0 Å². The number of benzene rings is 5. The molecule has 6 rings (SSSR count). The lowest BCUT2D eigenvalue weighted by atomic mass is 9.85. The summed E-state index contributed by atoms with van der Waals surface area (Å²) in [6.45, 7) is 2.28. The van der Waals surface area contributed by atoms with Crippen LogP contribution in [0.15, 0.2) is 91.0 Å². The molecule has 0 N–H and O–H groups in total. The lowest BCUT2D eigenvalue weighted by Crippen LogP contribution is -1.92. The highest BCUT2D eigenvalue weighted by atomic mass is 14.3. The molecule has 0 heteroatoms. The lowest BCUT2D eigenvalue weighted by molar-refractivity contribution is 1.53. The standard InChI is InChI=1S/C27H18/c1-17-20-13-5-6-14-21(20)26(19-9-3-2-4-10-19)27-23-16-8-12-18-11-7-15-22(24(17)27)25(18)23/h2-16H,1H3. The van der Waals surface area contributed by atoms with E-state index in [4.69, 9.17) is 0 Å². The van der Waals surface area contributed by atoms with Crippen LogP contribution in [-0.2, 0) is 0 Å². The number of aryl methyl sites for hydroxylation is 1. The quantitative estimate of drug-likeness (QED) is 0.288. The van der Waals surface area contributed by atoms with Gasteiger partial charge in [0, 0.05) is 0 Å². The van der Waals surface area contributed by atoms with E-state index in [0.29, 0.717) is 0 Å². The molecule has 126 valence electrons. The van der Waals surface area contributed by atoms with E-state index in [1.54, 1.807) is 0 Å². The second kappa shape index (κ2) is 5.31. The summed E-state index contributed by atoms with van der Waals surface area (Å²) in [5.41, 5.74) is 9.56. The van der Waals surface area contributed by atoms with Gasteiger partial charge < -0.3 is 0 Å². The summed E-state index contributed by atoms with van der Waals surface area (Å²) in [4.78, 5) is 0. The van der Waals surface area contributed by atoms with Gasteiger partial charge in [-0.2, -0.15) is 0 Å². The fourth-order valence-corrected chi connectivity index (χ4v) is 4.88. The first kappa shape index (κ1) is 14.8. The average molecular weight is 342 g/mol. The van der Waals surface area contributed by atoms with Gasteiger partial charge >= 0.3 is 0 Å². The Morgan fingerprint density at radius 2 is 1.11 bits per heavy atom. The largest absolute Gasteiger partial charge is 0.0622 e. The first-order chi connectivity index (χ1) is 13.3. The highest BCUT2D eigenvalue weighted by Crippen LogP contribution is 2.54. The Morgan fingerprint density at radius 3 is 1.85 bits per heavy atom. The van der Waals surface area contributed by atoms with Gasteiger partial charge in [-0.3, -0.25) is 0 Å². The maximum Gasteiger partial charge on any atom is -0.00110 e. The van der Waals surface area contributed by atoms with Crippen molar-refractivity contribution >= 4 is 21.5 Å². The normalized spacial score (nSPS) is 11.9. The highest BCUT2D eigenvalue weighted by Gasteiger charge is 2.28. The second-order valence-electron chi connectivity index (χ2n) is 7.37. The van der Waals surface area contributed by atoms with E-state index >= 15 is 0 Å². The summed E-state index contributed by atoms with van der Waals surface area (Å²) in [6.07, 6.45) is 0. The zero-order valence-corrected chi connectivity index (χ0v) is 15.2. The SMILES string of the molecule is Cc1c2c(c(-c3ccccc3)c3ccccc13)-c1cccc3cccc-2c13. The minimum absolute atomic E-state index is 1.29. The zero-order chi connectivity index (χ0) is 18.0. The number of hydrogen-bond acceptors (Lipinski definition) is 0. The molecule has 0 unspecified atom stereocenters. The Bertz CT molecular complexity index is 1350. The summed E-state index contributed by atoms with van der Waals surface area (Å²) in [7, 11) is 0. The number of rotatable bonds is 1. The Kier molecular flexibility index (Phi) is 2.90.